The van der Waals surface area contributed by atoms with Crippen molar-refractivity contribution in [1.29, 1.82) is 0 Å². The minimum atomic E-state index is -0.833. The van der Waals surface area contributed by atoms with Crippen molar-refractivity contribution >= 4 is 41.0 Å². The van der Waals surface area contributed by atoms with Crippen molar-refractivity contribution in [1.82, 2.24) is 5.32 Å². The lowest BCUT2D eigenvalue weighted by Crippen LogP contribution is -2.35. The van der Waals surface area contributed by atoms with Crippen LogP contribution in [0.3, 0.4) is 0 Å². The first kappa shape index (κ1) is 17.8. The molecule has 0 spiro atoms. The van der Waals surface area contributed by atoms with E-state index >= 15 is 0 Å². The number of carbonyl (C=O) groups is 3. The number of ether oxygens (including phenoxy) is 1. The van der Waals surface area contributed by atoms with Gasteiger partial charge in [-0.1, -0.05) is 23.2 Å². The summed E-state index contributed by atoms with van der Waals surface area (Å²) in [5.74, 6) is -1.94. The molecule has 0 radical (unpaired) electrons. The van der Waals surface area contributed by atoms with Crippen LogP contribution < -0.4 is 11.1 Å². The molecule has 0 saturated heterocycles. The normalized spacial score (nSPS) is 10.2. The Bertz CT molecular complexity index is 788. The quantitative estimate of drug-likeness (QED) is 0.755. The van der Waals surface area contributed by atoms with Gasteiger partial charge in [0, 0.05) is 10.6 Å². The number of rotatable bonds is 6. The molecule has 1 aromatic heterocycles. The number of benzene rings is 1. The maximum atomic E-state index is 11.8. The zero-order valence-electron chi connectivity index (χ0n) is 12.2. The van der Waals surface area contributed by atoms with Crippen LogP contribution in [0.2, 0.25) is 10.0 Å². The molecule has 0 bridgehead atoms. The number of nitrogens with one attached hydrogen (secondary N) is 1. The van der Waals surface area contributed by atoms with E-state index in [2.05, 4.69) is 5.32 Å². The van der Waals surface area contributed by atoms with Crippen LogP contribution in [0.4, 0.5) is 0 Å². The van der Waals surface area contributed by atoms with Crippen molar-refractivity contribution in [3.8, 4) is 11.3 Å². The van der Waals surface area contributed by atoms with Crippen molar-refractivity contribution < 1.29 is 23.5 Å². The Morgan fingerprint density at radius 2 is 1.92 bits per heavy atom. The van der Waals surface area contributed by atoms with Gasteiger partial charge in [0.2, 0.25) is 11.7 Å². The fourth-order valence-electron chi connectivity index (χ4n) is 1.72. The van der Waals surface area contributed by atoms with Gasteiger partial charge in [-0.05, 0) is 30.3 Å². The van der Waals surface area contributed by atoms with Gasteiger partial charge in [0.15, 0.2) is 6.61 Å². The third-order valence-corrected chi connectivity index (χ3v) is 3.35. The topological polar surface area (TPSA) is 112 Å². The summed E-state index contributed by atoms with van der Waals surface area (Å²) in [7, 11) is 0. The Morgan fingerprint density at radius 1 is 1.17 bits per heavy atom. The first-order chi connectivity index (χ1) is 11.4. The summed E-state index contributed by atoms with van der Waals surface area (Å²) in [6, 6.07) is 7.76. The fourth-order valence-corrected chi connectivity index (χ4v) is 2.22. The number of hydrogen-bond acceptors (Lipinski definition) is 5. The highest BCUT2D eigenvalue weighted by Crippen LogP contribution is 2.31. The fraction of sp³-hybridized carbons (Fsp3) is 0.133. The number of amides is 2. The predicted octanol–water partition coefficient (Wildman–Crippen LogP) is 2.01. The van der Waals surface area contributed by atoms with Crippen LogP contribution in [-0.2, 0) is 14.3 Å². The predicted molar refractivity (Wildman–Crippen MR) is 86.7 cm³/mol. The highest BCUT2D eigenvalue weighted by molar-refractivity contribution is 6.36. The van der Waals surface area contributed by atoms with E-state index in [1.165, 1.54) is 6.07 Å². The zero-order valence-corrected chi connectivity index (χ0v) is 13.7. The van der Waals surface area contributed by atoms with Crippen LogP contribution in [0.15, 0.2) is 34.7 Å². The van der Waals surface area contributed by atoms with Crippen LogP contribution in [0.1, 0.15) is 10.6 Å². The third kappa shape index (κ3) is 4.74. The molecule has 0 aliphatic heterocycles. The molecule has 2 aromatic rings. The second kappa shape index (κ2) is 7.85. The molecule has 2 amide bonds. The second-order valence-electron chi connectivity index (χ2n) is 4.61. The molecule has 0 fully saturated rings. The van der Waals surface area contributed by atoms with Gasteiger partial charge in [-0.3, -0.25) is 9.59 Å². The van der Waals surface area contributed by atoms with E-state index < -0.39 is 24.4 Å². The maximum Gasteiger partial charge on any atom is 0.374 e. The van der Waals surface area contributed by atoms with Gasteiger partial charge in [0.05, 0.1) is 11.6 Å². The average Bonchev–Trinajstić information content (AvgIpc) is 3.00. The molecule has 2 rings (SSSR count). The van der Waals surface area contributed by atoms with Crippen molar-refractivity contribution in [3.63, 3.8) is 0 Å². The lowest BCUT2D eigenvalue weighted by atomic mass is 10.2. The first-order valence-electron chi connectivity index (χ1n) is 6.64. The number of carbonyl (C=O) groups excluding carboxylic acids is 3. The molecule has 0 saturated carbocycles. The molecule has 0 aliphatic carbocycles. The van der Waals surface area contributed by atoms with Crippen molar-refractivity contribution in [2.24, 2.45) is 5.73 Å². The number of hydrogen-bond donors (Lipinski definition) is 2. The Hall–Kier alpha value is -2.51. The largest absolute Gasteiger partial charge is 0.450 e. The summed E-state index contributed by atoms with van der Waals surface area (Å²) in [5, 5.41) is 3.01. The summed E-state index contributed by atoms with van der Waals surface area (Å²) in [6.45, 7) is -0.903. The summed E-state index contributed by atoms with van der Waals surface area (Å²) in [4.78, 5) is 33.7. The van der Waals surface area contributed by atoms with Crippen molar-refractivity contribution in [2.45, 2.75) is 0 Å². The van der Waals surface area contributed by atoms with Crippen molar-refractivity contribution in [3.05, 3.63) is 46.1 Å². The van der Waals surface area contributed by atoms with Gasteiger partial charge >= 0.3 is 5.97 Å². The van der Waals surface area contributed by atoms with E-state index in [9.17, 15) is 14.4 Å². The van der Waals surface area contributed by atoms with Gasteiger partial charge in [-0.2, -0.15) is 0 Å². The monoisotopic (exact) mass is 370 g/mol. The molecular weight excluding hydrogens is 359 g/mol. The molecule has 3 N–H and O–H groups in total. The highest BCUT2D eigenvalue weighted by Gasteiger charge is 2.16. The number of primary amides is 1. The minimum Gasteiger partial charge on any atom is -0.450 e. The van der Waals surface area contributed by atoms with Gasteiger partial charge in [0.1, 0.15) is 5.76 Å². The minimum absolute atomic E-state index is 0.0984. The van der Waals surface area contributed by atoms with E-state index in [0.717, 1.165) is 0 Å². The maximum absolute atomic E-state index is 11.8. The molecule has 7 nitrogen and oxygen atoms in total. The summed E-state index contributed by atoms with van der Waals surface area (Å²) in [5.41, 5.74) is 5.43. The summed E-state index contributed by atoms with van der Waals surface area (Å²) >= 11 is 11.9. The molecule has 126 valence electrons. The molecule has 24 heavy (non-hydrogen) atoms. The lowest BCUT2D eigenvalue weighted by Gasteiger charge is -2.04. The molecule has 1 aromatic carbocycles. The molecular formula is C15H12Cl2N2O5. The van der Waals surface area contributed by atoms with Crippen LogP contribution >= 0.6 is 23.2 Å². The summed E-state index contributed by atoms with van der Waals surface area (Å²) in [6.07, 6.45) is 0. The number of halogens is 2. The summed E-state index contributed by atoms with van der Waals surface area (Å²) < 4.78 is 10.1. The van der Waals surface area contributed by atoms with E-state index in [4.69, 9.17) is 38.1 Å². The molecule has 0 atom stereocenters. The molecule has 0 unspecified atom stereocenters. The van der Waals surface area contributed by atoms with Crippen molar-refractivity contribution in [2.75, 3.05) is 13.2 Å². The number of furan rings is 1. The number of nitrogens with two attached hydrogens (primary N) is 1. The first-order valence-corrected chi connectivity index (χ1v) is 7.40. The van der Waals surface area contributed by atoms with Gasteiger partial charge in [-0.15, -0.1) is 0 Å². The Morgan fingerprint density at radius 3 is 2.58 bits per heavy atom. The Labute approximate surface area is 146 Å². The van der Waals surface area contributed by atoms with Crippen LogP contribution in [0.25, 0.3) is 11.3 Å². The molecule has 1 heterocycles. The van der Waals surface area contributed by atoms with E-state index in [-0.39, 0.29) is 12.3 Å². The average molecular weight is 371 g/mol. The third-order valence-electron chi connectivity index (χ3n) is 2.80. The smallest absolute Gasteiger partial charge is 0.374 e. The van der Waals surface area contributed by atoms with Crippen LogP contribution in [0, 0.1) is 0 Å². The highest BCUT2D eigenvalue weighted by atomic mass is 35.5. The Kier molecular flexibility index (Phi) is 5.83. The molecule has 9 heteroatoms. The van der Waals surface area contributed by atoms with Crippen LogP contribution in [0.5, 0.6) is 0 Å². The standard InChI is InChI=1S/C15H12Cl2N2O5/c16-8-1-2-9(10(17)5-8)11-3-4-12(24-11)15(22)23-7-14(21)19-6-13(18)20/h1-5H,6-7H2,(H2,18,20)(H,19,21). The van der Waals surface area contributed by atoms with Crippen LogP contribution in [-0.4, -0.2) is 30.9 Å². The Balaban J connectivity index is 1.98. The zero-order chi connectivity index (χ0) is 17.7. The SMILES string of the molecule is NC(=O)CNC(=O)COC(=O)c1ccc(-c2ccc(Cl)cc2Cl)o1. The molecule has 0 aliphatic rings. The van der Waals surface area contributed by atoms with E-state index in [1.807, 2.05) is 0 Å². The van der Waals surface area contributed by atoms with E-state index in [1.54, 1.807) is 24.3 Å². The second-order valence-corrected chi connectivity index (χ2v) is 5.45. The number of esters is 1. The van der Waals surface area contributed by atoms with Gasteiger partial charge in [-0.25, -0.2) is 4.79 Å². The van der Waals surface area contributed by atoms with Gasteiger partial charge < -0.3 is 20.2 Å². The van der Waals surface area contributed by atoms with Gasteiger partial charge in [0.25, 0.3) is 5.91 Å². The lowest BCUT2D eigenvalue weighted by molar-refractivity contribution is -0.127. The van der Waals surface area contributed by atoms with E-state index in [0.29, 0.717) is 21.4 Å².